The molecule has 0 radical (unpaired) electrons. The van der Waals surface area contributed by atoms with Crippen LogP contribution in [0.5, 0.6) is 0 Å². The summed E-state index contributed by atoms with van der Waals surface area (Å²) in [6.07, 6.45) is 5.34. The Bertz CT molecular complexity index is 1180. The minimum Gasteiger partial charge on any atom is -0.326 e. The van der Waals surface area contributed by atoms with Gasteiger partial charge in [0.15, 0.2) is 11.0 Å². The molecule has 2 heterocycles. The summed E-state index contributed by atoms with van der Waals surface area (Å²) in [5.74, 6) is 3.16. The molecule has 2 aliphatic rings. The number of benzene rings is 1. The molecule has 0 aliphatic heterocycles. The predicted molar refractivity (Wildman–Crippen MR) is 137 cm³/mol. The van der Waals surface area contributed by atoms with E-state index in [1.54, 1.807) is 29.5 Å². The largest absolute Gasteiger partial charge is 0.326 e. The Morgan fingerprint density at radius 3 is 2.65 bits per heavy atom. The Balaban J connectivity index is 1.31. The van der Waals surface area contributed by atoms with Crippen LogP contribution >= 0.6 is 23.1 Å². The summed E-state index contributed by atoms with van der Waals surface area (Å²) >= 11 is 3.10. The Morgan fingerprint density at radius 1 is 1.15 bits per heavy atom. The van der Waals surface area contributed by atoms with Crippen LogP contribution < -0.4 is 10.6 Å². The fourth-order valence-electron chi connectivity index (χ4n) is 5.60. The maximum atomic E-state index is 12.7. The van der Waals surface area contributed by atoms with Crippen LogP contribution in [0.3, 0.4) is 0 Å². The molecule has 34 heavy (non-hydrogen) atoms. The van der Waals surface area contributed by atoms with Crippen LogP contribution in [0.2, 0.25) is 0 Å². The zero-order valence-electron chi connectivity index (χ0n) is 19.4. The number of hydrogen-bond acceptors (Lipinski definition) is 6. The highest BCUT2D eigenvalue weighted by Crippen LogP contribution is 2.53. The van der Waals surface area contributed by atoms with Gasteiger partial charge in [0.1, 0.15) is 0 Å². The van der Waals surface area contributed by atoms with Gasteiger partial charge < -0.3 is 10.6 Å². The number of hydrogen-bond donors (Lipinski definition) is 2. The normalized spacial score (nSPS) is 22.0. The number of fused-ring (bicyclic) bond motifs is 2. The van der Waals surface area contributed by atoms with E-state index in [0.717, 1.165) is 27.7 Å². The summed E-state index contributed by atoms with van der Waals surface area (Å²) in [4.78, 5) is 25.1. The molecule has 2 bridgehead atoms. The number of thiophene rings is 1. The van der Waals surface area contributed by atoms with E-state index >= 15 is 0 Å². The number of amides is 2. The van der Waals surface area contributed by atoms with E-state index in [-0.39, 0.29) is 17.6 Å². The maximum absolute atomic E-state index is 12.7. The molecule has 1 aromatic carbocycles. The van der Waals surface area contributed by atoms with Crippen molar-refractivity contribution in [3.63, 3.8) is 0 Å². The van der Waals surface area contributed by atoms with Gasteiger partial charge >= 0.3 is 0 Å². The fraction of sp³-hybridized carbons (Fsp3) is 0.440. The number of nitrogens with zero attached hydrogens (tertiary/aromatic N) is 3. The molecule has 3 aromatic rings. The van der Waals surface area contributed by atoms with Crippen LogP contribution in [0.15, 0.2) is 46.9 Å². The molecular formula is C25H29N5O2S2. The maximum Gasteiger partial charge on any atom is 0.234 e. The standard InChI is InChI=1S/C25H29N5O2S2/c1-15(21-12-17-8-9-18(21)11-17)30-24(22-7-4-10-33-22)28-29-25(30)34-14-23(32)27-20-6-3-5-19(13-20)26-16(2)31/h3-7,10,13,15,17-18,21H,8-9,11-12,14H2,1-2H3,(H,26,31)(H,27,32). The number of aromatic nitrogens is 3. The van der Waals surface area contributed by atoms with Gasteiger partial charge in [0.05, 0.1) is 10.6 Å². The van der Waals surface area contributed by atoms with Gasteiger partial charge in [0.25, 0.3) is 0 Å². The average Bonchev–Trinajstić information content (AvgIpc) is 3.61. The summed E-state index contributed by atoms with van der Waals surface area (Å²) in [6, 6.07) is 11.6. The van der Waals surface area contributed by atoms with Gasteiger partial charge in [0.2, 0.25) is 11.8 Å². The summed E-state index contributed by atoms with van der Waals surface area (Å²) in [5.41, 5.74) is 1.30. The van der Waals surface area contributed by atoms with Gasteiger partial charge in [-0.05, 0) is 73.6 Å². The zero-order chi connectivity index (χ0) is 23.7. The Morgan fingerprint density at radius 2 is 1.97 bits per heavy atom. The molecule has 2 aromatic heterocycles. The molecule has 178 valence electrons. The Hall–Kier alpha value is -2.65. The fourth-order valence-corrected chi connectivity index (χ4v) is 7.13. The van der Waals surface area contributed by atoms with Crippen molar-refractivity contribution in [2.45, 2.75) is 50.7 Å². The third-order valence-corrected chi connectivity index (χ3v) is 8.83. The van der Waals surface area contributed by atoms with Crippen LogP contribution in [-0.2, 0) is 9.59 Å². The highest BCUT2D eigenvalue weighted by Gasteiger charge is 2.43. The van der Waals surface area contributed by atoms with E-state index in [1.165, 1.54) is 44.4 Å². The minimum atomic E-state index is -0.149. The zero-order valence-corrected chi connectivity index (χ0v) is 21.0. The van der Waals surface area contributed by atoms with Gasteiger partial charge in [-0.2, -0.15) is 0 Å². The predicted octanol–water partition coefficient (Wildman–Crippen LogP) is 5.69. The SMILES string of the molecule is CC(=O)Nc1cccc(NC(=O)CSc2nnc(-c3cccs3)n2C(C)C2CC3CCC2C3)c1. The lowest BCUT2D eigenvalue weighted by Gasteiger charge is -2.30. The van der Waals surface area contributed by atoms with Crippen molar-refractivity contribution in [1.82, 2.24) is 14.8 Å². The molecule has 0 spiro atoms. The molecule has 2 saturated carbocycles. The second-order valence-electron chi connectivity index (χ2n) is 9.33. The van der Waals surface area contributed by atoms with Gasteiger partial charge in [-0.25, -0.2) is 0 Å². The van der Waals surface area contributed by atoms with Gasteiger partial charge in [-0.1, -0.05) is 30.3 Å². The first-order chi connectivity index (χ1) is 16.5. The molecule has 2 amide bonds. The number of carbonyl (C=O) groups is 2. The highest BCUT2D eigenvalue weighted by molar-refractivity contribution is 7.99. The molecule has 0 saturated heterocycles. The summed E-state index contributed by atoms with van der Waals surface area (Å²) in [5, 5.41) is 17.6. The van der Waals surface area contributed by atoms with Gasteiger partial charge in [0, 0.05) is 24.3 Å². The number of anilines is 2. The summed E-state index contributed by atoms with van der Waals surface area (Å²) in [6.45, 7) is 3.75. The summed E-state index contributed by atoms with van der Waals surface area (Å²) in [7, 11) is 0. The van der Waals surface area contributed by atoms with Crippen molar-refractivity contribution >= 4 is 46.3 Å². The van der Waals surface area contributed by atoms with E-state index in [2.05, 4.69) is 43.8 Å². The average molecular weight is 496 g/mol. The van der Waals surface area contributed by atoms with Crippen molar-refractivity contribution in [3.05, 3.63) is 41.8 Å². The van der Waals surface area contributed by atoms with Crippen LogP contribution in [0, 0.1) is 17.8 Å². The number of thioether (sulfide) groups is 1. The molecule has 4 unspecified atom stereocenters. The third kappa shape index (κ3) is 4.90. The topological polar surface area (TPSA) is 88.9 Å². The summed E-state index contributed by atoms with van der Waals surface area (Å²) < 4.78 is 2.27. The second kappa shape index (κ2) is 9.92. The molecule has 9 heteroatoms. The first kappa shape index (κ1) is 23.1. The van der Waals surface area contributed by atoms with Crippen molar-refractivity contribution in [2.75, 3.05) is 16.4 Å². The molecule has 2 fully saturated rings. The van der Waals surface area contributed by atoms with Gasteiger partial charge in [-0.15, -0.1) is 21.5 Å². The van der Waals surface area contributed by atoms with Crippen molar-refractivity contribution in [1.29, 1.82) is 0 Å². The molecule has 2 N–H and O–H groups in total. The molecule has 2 aliphatic carbocycles. The van der Waals surface area contributed by atoms with Gasteiger partial charge in [-0.3, -0.25) is 14.2 Å². The van der Waals surface area contributed by atoms with E-state index in [4.69, 9.17) is 0 Å². The minimum absolute atomic E-state index is 0.121. The van der Waals surface area contributed by atoms with E-state index in [9.17, 15) is 9.59 Å². The third-order valence-electron chi connectivity index (χ3n) is 7.02. The van der Waals surface area contributed by atoms with Crippen molar-refractivity contribution in [2.24, 2.45) is 17.8 Å². The molecule has 4 atom stereocenters. The Kier molecular flexibility index (Phi) is 6.74. The van der Waals surface area contributed by atoms with Crippen LogP contribution in [-0.4, -0.2) is 32.3 Å². The smallest absolute Gasteiger partial charge is 0.234 e. The quantitative estimate of drug-likeness (QED) is 0.392. The molecular weight excluding hydrogens is 466 g/mol. The Labute approximate surface area is 207 Å². The first-order valence-electron chi connectivity index (χ1n) is 11.8. The number of rotatable bonds is 8. The monoisotopic (exact) mass is 495 g/mol. The molecule has 5 rings (SSSR count). The van der Waals surface area contributed by atoms with E-state index in [0.29, 0.717) is 23.3 Å². The van der Waals surface area contributed by atoms with E-state index in [1.807, 2.05) is 12.1 Å². The lowest BCUT2D eigenvalue weighted by molar-refractivity contribution is -0.114. The van der Waals surface area contributed by atoms with Crippen LogP contribution in [0.1, 0.15) is 45.6 Å². The van der Waals surface area contributed by atoms with Crippen LogP contribution in [0.25, 0.3) is 10.7 Å². The van der Waals surface area contributed by atoms with E-state index < -0.39 is 0 Å². The first-order valence-corrected chi connectivity index (χ1v) is 13.6. The van der Waals surface area contributed by atoms with Crippen LogP contribution in [0.4, 0.5) is 11.4 Å². The lowest BCUT2D eigenvalue weighted by Crippen LogP contribution is -2.23. The highest BCUT2D eigenvalue weighted by atomic mass is 32.2. The lowest BCUT2D eigenvalue weighted by atomic mass is 9.84. The number of nitrogens with one attached hydrogen (secondary N) is 2. The second-order valence-corrected chi connectivity index (χ2v) is 11.2. The van der Waals surface area contributed by atoms with Crippen molar-refractivity contribution < 1.29 is 9.59 Å². The van der Waals surface area contributed by atoms with Crippen molar-refractivity contribution in [3.8, 4) is 10.7 Å². The number of carbonyl (C=O) groups excluding carboxylic acids is 2. The molecule has 7 nitrogen and oxygen atoms in total.